The molecule has 0 atom stereocenters. The smallest absolute Gasteiger partial charge is 0.200 e. The molecule has 1 aromatic heterocycles. The second kappa shape index (κ2) is 3.90. The van der Waals surface area contributed by atoms with E-state index in [0.717, 1.165) is 5.56 Å². The largest absolute Gasteiger partial charge is 0.456 e. The van der Waals surface area contributed by atoms with E-state index in [1.807, 2.05) is 24.3 Å². The molecule has 0 saturated carbocycles. The van der Waals surface area contributed by atoms with Gasteiger partial charge in [0.15, 0.2) is 0 Å². The van der Waals surface area contributed by atoms with Crippen LogP contribution in [0.2, 0.25) is 0 Å². The van der Waals surface area contributed by atoms with Crippen molar-refractivity contribution in [2.45, 2.75) is 5.88 Å². The van der Waals surface area contributed by atoms with Gasteiger partial charge in [-0.05, 0) is 23.8 Å². The Morgan fingerprint density at radius 2 is 1.76 bits per heavy atom. The first kappa shape index (κ1) is 10.4. The standard InChI is InChI=1S/C14H9ClO2/c15-8-9-4-3-7-12-13(9)14(16)10-5-1-2-6-11(10)17-12/h1-7H,8H2. The molecule has 0 saturated heterocycles. The molecule has 0 amide bonds. The van der Waals surface area contributed by atoms with Crippen LogP contribution in [0.5, 0.6) is 0 Å². The van der Waals surface area contributed by atoms with Gasteiger partial charge < -0.3 is 4.42 Å². The molecule has 3 rings (SSSR count). The maximum atomic E-state index is 12.3. The lowest BCUT2D eigenvalue weighted by Gasteiger charge is -2.04. The summed E-state index contributed by atoms with van der Waals surface area (Å²) in [5.41, 5.74) is 1.99. The average molecular weight is 245 g/mol. The number of hydrogen-bond acceptors (Lipinski definition) is 2. The van der Waals surface area contributed by atoms with E-state index in [2.05, 4.69) is 0 Å². The van der Waals surface area contributed by atoms with Crippen LogP contribution in [0, 0.1) is 0 Å². The topological polar surface area (TPSA) is 30.2 Å². The highest BCUT2D eigenvalue weighted by Crippen LogP contribution is 2.21. The first-order chi connectivity index (χ1) is 8.31. The summed E-state index contributed by atoms with van der Waals surface area (Å²) in [5, 5.41) is 1.18. The van der Waals surface area contributed by atoms with Gasteiger partial charge in [0.1, 0.15) is 11.2 Å². The van der Waals surface area contributed by atoms with E-state index in [9.17, 15) is 4.79 Å². The van der Waals surface area contributed by atoms with E-state index < -0.39 is 0 Å². The molecule has 2 aromatic carbocycles. The van der Waals surface area contributed by atoms with E-state index in [1.165, 1.54) is 0 Å². The molecule has 0 N–H and O–H groups in total. The summed E-state index contributed by atoms with van der Waals surface area (Å²) in [6.07, 6.45) is 0. The molecule has 84 valence electrons. The SMILES string of the molecule is O=c1c2ccccc2oc2cccc(CCl)c12. The Morgan fingerprint density at radius 3 is 2.59 bits per heavy atom. The summed E-state index contributed by atoms with van der Waals surface area (Å²) >= 11 is 5.85. The van der Waals surface area contributed by atoms with Crippen molar-refractivity contribution >= 4 is 33.5 Å². The lowest BCUT2D eigenvalue weighted by Crippen LogP contribution is -2.04. The third-order valence-corrected chi connectivity index (χ3v) is 3.12. The Hall–Kier alpha value is -1.80. The van der Waals surface area contributed by atoms with Crippen LogP contribution in [0.1, 0.15) is 5.56 Å². The molecular formula is C14H9ClO2. The maximum absolute atomic E-state index is 12.3. The normalized spacial score (nSPS) is 11.1. The quantitative estimate of drug-likeness (QED) is 0.483. The fourth-order valence-electron chi connectivity index (χ4n) is 2.03. The van der Waals surface area contributed by atoms with E-state index in [-0.39, 0.29) is 5.43 Å². The molecule has 0 radical (unpaired) electrons. The molecule has 2 nitrogen and oxygen atoms in total. The van der Waals surface area contributed by atoms with Crippen LogP contribution in [0.25, 0.3) is 21.9 Å². The number of hydrogen-bond donors (Lipinski definition) is 0. The van der Waals surface area contributed by atoms with E-state index in [0.29, 0.717) is 27.8 Å². The van der Waals surface area contributed by atoms with E-state index >= 15 is 0 Å². The minimum absolute atomic E-state index is 0.0156. The monoisotopic (exact) mass is 244 g/mol. The molecule has 0 aliphatic carbocycles. The van der Waals surface area contributed by atoms with Gasteiger partial charge >= 0.3 is 0 Å². The highest BCUT2D eigenvalue weighted by atomic mass is 35.5. The van der Waals surface area contributed by atoms with Crippen LogP contribution in [0.4, 0.5) is 0 Å². The summed E-state index contributed by atoms with van der Waals surface area (Å²) in [4.78, 5) is 12.3. The summed E-state index contributed by atoms with van der Waals surface area (Å²) in [6.45, 7) is 0. The zero-order valence-electron chi connectivity index (χ0n) is 8.94. The van der Waals surface area contributed by atoms with Gasteiger partial charge in [-0.3, -0.25) is 4.79 Å². The zero-order valence-corrected chi connectivity index (χ0v) is 9.70. The molecule has 3 aromatic rings. The summed E-state index contributed by atoms with van der Waals surface area (Å²) in [5.74, 6) is 0.306. The molecule has 0 fully saturated rings. The van der Waals surface area contributed by atoms with Gasteiger partial charge in [-0.2, -0.15) is 0 Å². The van der Waals surface area contributed by atoms with Gasteiger partial charge in [0.05, 0.1) is 10.8 Å². The summed E-state index contributed by atoms with van der Waals surface area (Å²) in [6, 6.07) is 12.7. The first-order valence-corrected chi connectivity index (χ1v) is 5.84. The van der Waals surface area contributed by atoms with Crippen molar-refractivity contribution in [2.24, 2.45) is 0 Å². The van der Waals surface area contributed by atoms with Crippen molar-refractivity contribution in [1.29, 1.82) is 0 Å². The van der Waals surface area contributed by atoms with Gasteiger partial charge in [0, 0.05) is 5.88 Å². The predicted molar refractivity (Wildman–Crippen MR) is 69.5 cm³/mol. The molecule has 0 aliphatic rings. The van der Waals surface area contributed by atoms with Crippen LogP contribution in [-0.4, -0.2) is 0 Å². The van der Waals surface area contributed by atoms with Gasteiger partial charge in [0.2, 0.25) is 5.43 Å². The highest BCUT2D eigenvalue weighted by Gasteiger charge is 2.09. The Morgan fingerprint density at radius 1 is 1.00 bits per heavy atom. The Kier molecular flexibility index (Phi) is 2.37. The lowest BCUT2D eigenvalue weighted by atomic mass is 10.1. The summed E-state index contributed by atoms with van der Waals surface area (Å²) in [7, 11) is 0. The van der Waals surface area contributed by atoms with Crippen LogP contribution < -0.4 is 5.43 Å². The van der Waals surface area contributed by atoms with Crippen LogP contribution >= 0.6 is 11.6 Å². The van der Waals surface area contributed by atoms with Crippen LogP contribution in [-0.2, 0) is 5.88 Å². The number of benzene rings is 2. The second-order valence-corrected chi connectivity index (χ2v) is 4.12. The molecule has 3 heteroatoms. The second-order valence-electron chi connectivity index (χ2n) is 3.85. The van der Waals surface area contributed by atoms with Gasteiger partial charge in [-0.1, -0.05) is 24.3 Å². The van der Waals surface area contributed by atoms with Crippen LogP contribution in [0.3, 0.4) is 0 Å². The Balaban J connectivity index is 2.60. The molecule has 0 bridgehead atoms. The number of halogens is 1. The van der Waals surface area contributed by atoms with Crippen molar-refractivity contribution in [2.75, 3.05) is 0 Å². The molecule has 0 unspecified atom stereocenters. The Bertz CT molecular complexity index is 759. The van der Waals surface area contributed by atoms with E-state index in [4.69, 9.17) is 16.0 Å². The predicted octanol–water partition coefficient (Wildman–Crippen LogP) is 3.69. The minimum atomic E-state index is -0.0156. The van der Waals surface area contributed by atoms with Crippen LogP contribution in [0.15, 0.2) is 51.7 Å². The van der Waals surface area contributed by atoms with E-state index in [1.54, 1.807) is 18.2 Å². The molecule has 0 spiro atoms. The molecule has 17 heavy (non-hydrogen) atoms. The number of rotatable bonds is 1. The number of fused-ring (bicyclic) bond motifs is 2. The highest BCUT2D eigenvalue weighted by molar-refractivity contribution is 6.18. The van der Waals surface area contributed by atoms with Gasteiger partial charge in [-0.15, -0.1) is 11.6 Å². The minimum Gasteiger partial charge on any atom is -0.456 e. The number of para-hydroxylation sites is 1. The van der Waals surface area contributed by atoms with Crippen molar-refractivity contribution in [3.8, 4) is 0 Å². The first-order valence-electron chi connectivity index (χ1n) is 5.30. The zero-order chi connectivity index (χ0) is 11.8. The summed E-state index contributed by atoms with van der Waals surface area (Å²) < 4.78 is 5.71. The van der Waals surface area contributed by atoms with Gasteiger partial charge in [0.25, 0.3) is 0 Å². The average Bonchev–Trinajstić information content (AvgIpc) is 2.38. The maximum Gasteiger partial charge on any atom is 0.200 e. The Labute approximate surface area is 102 Å². The fraction of sp³-hybridized carbons (Fsp3) is 0.0714. The van der Waals surface area contributed by atoms with Crippen molar-refractivity contribution < 1.29 is 4.42 Å². The molecular weight excluding hydrogens is 236 g/mol. The molecule has 1 heterocycles. The van der Waals surface area contributed by atoms with Crippen molar-refractivity contribution in [3.05, 3.63) is 58.3 Å². The van der Waals surface area contributed by atoms with Gasteiger partial charge in [-0.25, -0.2) is 0 Å². The fourth-order valence-corrected chi connectivity index (χ4v) is 2.25. The third-order valence-electron chi connectivity index (χ3n) is 2.84. The number of alkyl halides is 1. The lowest BCUT2D eigenvalue weighted by molar-refractivity contribution is 0.659. The van der Waals surface area contributed by atoms with Crippen molar-refractivity contribution in [3.63, 3.8) is 0 Å². The van der Waals surface area contributed by atoms with Crippen molar-refractivity contribution in [1.82, 2.24) is 0 Å². The third kappa shape index (κ3) is 1.53. The molecule has 0 aliphatic heterocycles.